The van der Waals surface area contributed by atoms with Gasteiger partial charge in [0, 0.05) is 29.8 Å². The summed E-state index contributed by atoms with van der Waals surface area (Å²) >= 11 is 0. The fourth-order valence-corrected chi connectivity index (χ4v) is 3.73. The van der Waals surface area contributed by atoms with Gasteiger partial charge in [0.1, 0.15) is 0 Å². The van der Waals surface area contributed by atoms with Crippen LogP contribution in [0.15, 0.2) is 43.0 Å². The van der Waals surface area contributed by atoms with Crippen molar-refractivity contribution in [1.82, 2.24) is 4.90 Å². The molecule has 2 aromatic carbocycles. The van der Waals surface area contributed by atoms with Crippen molar-refractivity contribution in [1.29, 1.82) is 0 Å². The molecular weight excluding hydrogens is 350 g/mol. The molecule has 0 spiro atoms. The Labute approximate surface area is 166 Å². The Kier molecular flexibility index (Phi) is 4.66. The SMILES string of the molecule is C=C1c2cc3c(cc2CCN1C(=O)c1ccc(C(C)(C)C)cc1)OCCCO3. The van der Waals surface area contributed by atoms with Crippen LogP contribution in [-0.4, -0.2) is 30.6 Å². The highest BCUT2D eigenvalue weighted by Crippen LogP contribution is 2.38. The summed E-state index contributed by atoms with van der Waals surface area (Å²) in [6, 6.07) is 11.9. The van der Waals surface area contributed by atoms with Crippen molar-refractivity contribution in [2.75, 3.05) is 19.8 Å². The zero-order chi connectivity index (χ0) is 19.9. The third-order valence-electron chi connectivity index (χ3n) is 5.46. The fourth-order valence-electron chi connectivity index (χ4n) is 3.73. The quantitative estimate of drug-likeness (QED) is 0.716. The number of amides is 1. The normalized spacial score (nSPS) is 16.4. The molecule has 0 bridgehead atoms. The van der Waals surface area contributed by atoms with Crippen molar-refractivity contribution < 1.29 is 14.3 Å². The lowest BCUT2D eigenvalue weighted by Crippen LogP contribution is -2.34. The topological polar surface area (TPSA) is 38.8 Å². The molecule has 0 aliphatic carbocycles. The Bertz CT molecular complexity index is 922. The first kappa shape index (κ1) is 18.6. The Balaban J connectivity index is 1.60. The number of nitrogens with zero attached hydrogens (tertiary/aromatic N) is 1. The Morgan fingerprint density at radius 3 is 2.32 bits per heavy atom. The van der Waals surface area contributed by atoms with Crippen LogP contribution in [0.1, 0.15) is 54.2 Å². The highest BCUT2D eigenvalue weighted by molar-refractivity contribution is 6.00. The Hall–Kier alpha value is -2.75. The van der Waals surface area contributed by atoms with E-state index in [1.807, 2.05) is 36.4 Å². The van der Waals surface area contributed by atoms with Crippen molar-refractivity contribution in [2.45, 2.75) is 39.0 Å². The molecule has 2 aliphatic heterocycles. The lowest BCUT2D eigenvalue weighted by atomic mass is 9.86. The molecule has 2 heterocycles. The second-order valence-corrected chi connectivity index (χ2v) is 8.49. The first-order chi connectivity index (χ1) is 13.3. The Morgan fingerprint density at radius 1 is 1.04 bits per heavy atom. The minimum absolute atomic E-state index is 0.0109. The summed E-state index contributed by atoms with van der Waals surface area (Å²) in [7, 11) is 0. The highest BCUT2D eigenvalue weighted by atomic mass is 16.5. The molecule has 28 heavy (non-hydrogen) atoms. The molecule has 0 aromatic heterocycles. The van der Waals surface area contributed by atoms with E-state index < -0.39 is 0 Å². The maximum absolute atomic E-state index is 13.1. The number of fused-ring (bicyclic) bond motifs is 2. The van der Waals surface area contributed by atoms with Gasteiger partial charge < -0.3 is 14.4 Å². The largest absolute Gasteiger partial charge is 0.490 e. The molecule has 4 heteroatoms. The summed E-state index contributed by atoms with van der Waals surface area (Å²) in [5, 5.41) is 0. The number of carbonyl (C=O) groups is 1. The number of rotatable bonds is 1. The van der Waals surface area contributed by atoms with Gasteiger partial charge in [-0.1, -0.05) is 39.5 Å². The van der Waals surface area contributed by atoms with Crippen LogP contribution in [0.4, 0.5) is 0 Å². The second-order valence-electron chi connectivity index (χ2n) is 8.49. The van der Waals surface area contributed by atoms with E-state index in [-0.39, 0.29) is 11.3 Å². The molecule has 0 radical (unpaired) electrons. The molecule has 1 amide bonds. The molecule has 146 valence electrons. The molecule has 0 saturated carbocycles. The summed E-state index contributed by atoms with van der Waals surface area (Å²) in [5.74, 6) is 1.52. The second kappa shape index (κ2) is 7.01. The summed E-state index contributed by atoms with van der Waals surface area (Å²) in [4.78, 5) is 14.9. The first-order valence-corrected chi connectivity index (χ1v) is 9.89. The van der Waals surface area contributed by atoms with Crippen LogP contribution in [0.5, 0.6) is 11.5 Å². The average Bonchev–Trinajstić information content (AvgIpc) is 2.91. The minimum Gasteiger partial charge on any atom is -0.490 e. The zero-order valence-electron chi connectivity index (χ0n) is 16.9. The van der Waals surface area contributed by atoms with Crippen LogP contribution in [0.25, 0.3) is 5.70 Å². The molecule has 0 fully saturated rings. The molecular formula is C24H27NO3. The molecule has 0 saturated heterocycles. The first-order valence-electron chi connectivity index (χ1n) is 9.89. The van der Waals surface area contributed by atoms with Crippen molar-refractivity contribution in [3.05, 3.63) is 65.2 Å². The number of benzene rings is 2. The van der Waals surface area contributed by atoms with Crippen molar-refractivity contribution in [3.63, 3.8) is 0 Å². The van der Waals surface area contributed by atoms with E-state index in [1.165, 1.54) is 5.56 Å². The lowest BCUT2D eigenvalue weighted by Gasteiger charge is -2.32. The minimum atomic E-state index is -0.0109. The summed E-state index contributed by atoms with van der Waals surface area (Å²) in [5.41, 5.74) is 4.81. The van der Waals surface area contributed by atoms with E-state index in [0.29, 0.717) is 25.3 Å². The van der Waals surface area contributed by atoms with E-state index >= 15 is 0 Å². The van der Waals surface area contributed by atoms with Crippen molar-refractivity contribution in [2.24, 2.45) is 0 Å². The standard InChI is InChI=1S/C24H27NO3/c1-16-20-15-22-21(27-12-5-13-28-22)14-18(20)10-11-25(16)23(26)17-6-8-19(9-7-17)24(2,3)4/h6-9,14-15H,1,5,10-13H2,2-4H3. The van der Waals surface area contributed by atoms with Crippen molar-refractivity contribution in [3.8, 4) is 11.5 Å². The van der Waals surface area contributed by atoms with Gasteiger partial charge in [-0.25, -0.2) is 0 Å². The van der Waals surface area contributed by atoms with Crippen LogP contribution < -0.4 is 9.47 Å². The summed E-state index contributed by atoms with van der Waals surface area (Å²) < 4.78 is 11.6. The lowest BCUT2D eigenvalue weighted by molar-refractivity contribution is 0.0833. The van der Waals surface area contributed by atoms with Crippen LogP contribution in [0.3, 0.4) is 0 Å². The van der Waals surface area contributed by atoms with Crippen LogP contribution >= 0.6 is 0 Å². The van der Waals surface area contributed by atoms with Gasteiger partial charge in [-0.3, -0.25) is 4.79 Å². The molecule has 0 N–H and O–H groups in total. The molecule has 0 atom stereocenters. The van der Waals surface area contributed by atoms with Gasteiger partial charge in [0.25, 0.3) is 5.91 Å². The maximum Gasteiger partial charge on any atom is 0.258 e. The third kappa shape index (κ3) is 3.39. The molecule has 0 unspecified atom stereocenters. The van der Waals surface area contributed by atoms with Gasteiger partial charge >= 0.3 is 0 Å². The van der Waals surface area contributed by atoms with Crippen LogP contribution in [-0.2, 0) is 11.8 Å². The van der Waals surface area contributed by atoms with Gasteiger partial charge in [0.15, 0.2) is 11.5 Å². The zero-order valence-corrected chi connectivity index (χ0v) is 16.9. The van der Waals surface area contributed by atoms with Gasteiger partial charge in [-0.05, 0) is 47.2 Å². The van der Waals surface area contributed by atoms with Crippen LogP contribution in [0.2, 0.25) is 0 Å². The average molecular weight is 377 g/mol. The monoisotopic (exact) mass is 377 g/mol. The van der Waals surface area contributed by atoms with Crippen molar-refractivity contribution >= 4 is 11.6 Å². The molecule has 2 aliphatic rings. The molecule has 2 aromatic rings. The summed E-state index contributed by atoms with van der Waals surface area (Å²) in [6.45, 7) is 12.7. The van der Waals surface area contributed by atoms with E-state index in [9.17, 15) is 4.79 Å². The Morgan fingerprint density at radius 2 is 1.68 bits per heavy atom. The van der Waals surface area contributed by atoms with Gasteiger partial charge in [0.2, 0.25) is 0 Å². The molecule has 4 rings (SSSR count). The van der Waals surface area contributed by atoms with E-state index in [4.69, 9.17) is 9.47 Å². The number of hydrogen-bond donors (Lipinski definition) is 0. The molecule has 4 nitrogen and oxygen atoms in total. The van der Waals surface area contributed by atoms with E-state index in [1.54, 1.807) is 4.90 Å². The maximum atomic E-state index is 13.1. The smallest absolute Gasteiger partial charge is 0.258 e. The van der Waals surface area contributed by atoms with E-state index in [0.717, 1.165) is 41.2 Å². The highest BCUT2D eigenvalue weighted by Gasteiger charge is 2.28. The van der Waals surface area contributed by atoms with Crippen LogP contribution in [0, 0.1) is 0 Å². The fraction of sp³-hybridized carbons (Fsp3) is 0.375. The number of ether oxygens (including phenoxy) is 2. The number of hydrogen-bond acceptors (Lipinski definition) is 3. The van der Waals surface area contributed by atoms with E-state index in [2.05, 4.69) is 27.4 Å². The summed E-state index contributed by atoms with van der Waals surface area (Å²) in [6.07, 6.45) is 1.65. The van der Waals surface area contributed by atoms with Gasteiger partial charge in [-0.15, -0.1) is 0 Å². The van der Waals surface area contributed by atoms with Gasteiger partial charge in [0.05, 0.1) is 13.2 Å². The predicted molar refractivity (Wildman–Crippen MR) is 111 cm³/mol. The van der Waals surface area contributed by atoms with Gasteiger partial charge in [-0.2, -0.15) is 0 Å². The third-order valence-corrected chi connectivity index (χ3v) is 5.46. The number of carbonyl (C=O) groups excluding carboxylic acids is 1. The predicted octanol–water partition coefficient (Wildman–Crippen LogP) is 4.81.